The van der Waals surface area contributed by atoms with Crippen molar-refractivity contribution in [3.8, 4) is 0 Å². The highest BCUT2D eigenvalue weighted by atomic mass is 19.1. The molecule has 0 aliphatic carbocycles. The van der Waals surface area contributed by atoms with Crippen molar-refractivity contribution in [1.29, 1.82) is 0 Å². The van der Waals surface area contributed by atoms with Gasteiger partial charge in [0.25, 0.3) is 0 Å². The van der Waals surface area contributed by atoms with Gasteiger partial charge in [0.2, 0.25) is 0 Å². The molecule has 0 N–H and O–H groups in total. The average Bonchev–Trinajstić information content (AvgIpc) is 2.46. The van der Waals surface area contributed by atoms with Gasteiger partial charge in [-0.15, -0.1) is 0 Å². The summed E-state index contributed by atoms with van der Waals surface area (Å²) in [6.07, 6.45) is 1.67. The highest BCUT2D eigenvalue weighted by Crippen LogP contribution is 2.21. The Hall–Kier alpha value is -2.55. The van der Waals surface area contributed by atoms with E-state index in [1.54, 1.807) is 36.5 Å². The molecule has 0 bridgehead atoms. The molecule has 0 radical (unpaired) electrons. The van der Waals surface area contributed by atoms with Crippen LogP contribution < -0.4 is 0 Å². The second-order valence-electron chi connectivity index (χ2n) is 4.18. The van der Waals surface area contributed by atoms with Crippen LogP contribution in [0.3, 0.4) is 0 Å². The number of pyridine rings is 1. The molecule has 3 heteroatoms. The molecule has 0 aliphatic heterocycles. The molecule has 0 saturated carbocycles. The predicted octanol–water partition coefficient (Wildman–Crippen LogP) is 3.60. The van der Waals surface area contributed by atoms with Crippen molar-refractivity contribution in [3.63, 3.8) is 0 Å². The van der Waals surface area contributed by atoms with Crippen LogP contribution in [0, 0.1) is 5.82 Å². The lowest BCUT2D eigenvalue weighted by molar-refractivity contribution is 0.103. The number of halogens is 1. The molecule has 0 spiro atoms. The molecule has 2 aromatic carbocycles. The van der Waals surface area contributed by atoms with E-state index in [-0.39, 0.29) is 11.3 Å². The first kappa shape index (κ1) is 11.5. The van der Waals surface area contributed by atoms with Crippen LogP contribution >= 0.6 is 0 Å². The third-order valence-electron chi connectivity index (χ3n) is 3.01. The molecule has 3 aromatic rings. The van der Waals surface area contributed by atoms with E-state index in [0.717, 1.165) is 10.9 Å². The summed E-state index contributed by atoms with van der Waals surface area (Å²) < 4.78 is 13.7. The Bertz CT molecular complexity index is 762. The van der Waals surface area contributed by atoms with Crippen LogP contribution in [-0.2, 0) is 0 Å². The molecule has 0 unspecified atom stereocenters. The largest absolute Gasteiger partial charge is 0.288 e. The van der Waals surface area contributed by atoms with Crippen LogP contribution in [-0.4, -0.2) is 10.8 Å². The number of fused-ring (bicyclic) bond motifs is 1. The van der Waals surface area contributed by atoms with E-state index in [4.69, 9.17) is 0 Å². The van der Waals surface area contributed by atoms with E-state index in [2.05, 4.69) is 4.98 Å². The van der Waals surface area contributed by atoms with Crippen molar-refractivity contribution in [3.05, 3.63) is 77.7 Å². The lowest BCUT2D eigenvalue weighted by Gasteiger charge is -2.06. The van der Waals surface area contributed by atoms with Crippen LogP contribution in [0.2, 0.25) is 0 Å². The van der Waals surface area contributed by atoms with Gasteiger partial charge < -0.3 is 0 Å². The maximum atomic E-state index is 13.7. The number of ketones is 1. The van der Waals surface area contributed by atoms with Crippen molar-refractivity contribution in [2.45, 2.75) is 0 Å². The Morgan fingerprint density at radius 3 is 2.53 bits per heavy atom. The van der Waals surface area contributed by atoms with Crippen molar-refractivity contribution in [1.82, 2.24) is 4.98 Å². The van der Waals surface area contributed by atoms with Crippen LogP contribution in [0.15, 0.2) is 60.8 Å². The second-order valence-corrected chi connectivity index (χ2v) is 4.18. The number of hydrogen-bond acceptors (Lipinski definition) is 2. The van der Waals surface area contributed by atoms with Crippen LogP contribution in [0.5, 0.6) is 0 Å². The van der Waals surface area contributed by atoms with Crippen LogP contribution in [0.25, 0.3) is 10.9 Å². The minimum atomic E-state index is -0.506. The molecule has 19 heavy (non-hydrogen) atoms. The molecule has 0 atom stereocenters. The molecule has 1 aromatic heterocycles. The molecule has 2 nitrogen and oxygen atoms in total. The first-order valence-electron chi connectivity index (χ1n) is 5.90. The first-order valence-corrected chi connectivity index (χ1v) is 5.90. The highest BCUT2D eigenvalue weighted by Gasteiger charge is 2.15. The SMILES string of the molecule is O=C(c1ccccc1F)c1cccc2ncccc12. The summed E-state index contributed by atoms with van der Waals surface area (Å²) in [7, 11) is 0. The van der Waals surface area contributed by atoms with E-state index in [1.807, 2.05) is 12.1 Å². The third kappa shape index (κ3) is 1.99. The second kappa shape index (κ2) is 4.61. The summed E-state index contributed by atoms with van der Waals surface area (Å²) in [6.45, 7) is 0. The zero-order valence-electron chi connectivity index (χ0n) is 10.0. The number of carbonyl (C=O) groups excluding carboxylic acids is 1. The molecule has 0 fully saturated rings. The fourth-order valence-electron chi connectivity index (χ4n) is 2.09. The summed E-state index contributed by atoms with van der Waals surface area (Å²) in [5, 5.41) is 0.734. The standard InChI is InChI=1S/C16H10FNO/c17-14-8-2-1-5-13(14)16(19)12-6-3-9-15-11(12)7-4-10-18-15/h1-10H. The molecule has 3 rings (SSSR count). The zero-order valence-corrected chi connectivity index (χ0v) is 10.0. The van der Waals surface area contributed by atoms with Gasteiger partial charge >= 0.3 is 0 Å². The van der Waals surface area contributed by atoms with E-state index < -0.39 is 5.82 Å². The lowest BCUT2D eigenvalue weighted by Crippen LogP contribution is -2.04. The molecule has 1 heterocycles. The quantitative estimate of drug-likeness (QED) is 0.651. The lowest BCUT2D eigenvalue weighted by atomic mass is 9.99. The van der Waals surface area contributed by atoms with Gasteiger partial charge in [0.1, 0.15) is 5.82 Å². The van der Waals surface area contributed by atoms with Gasteiger partial charge in [0.15, 0.2) is 5.78 Å². The fourth-order valence-corrected chi connectivity index (χ4v) is 2.09. The van der Waals surface area contributed by atoms with Gasteiger partial charge in [-0.2, -0.15) is 0 Å². The maximum absolute atomic E-state index is 13.7. The van der Waals surface area contributed by atoms with E-state index in [0.29, 0.717) is 5.56 Å². The minimum absolute atomic E-state index is 0.0823. The fraction of sp³-hybridized carbons (Fsp3) is 0. The van der Waals surface area contributed by atoms with Crippen molar-refractivity contribution < 1.29 is 9.18 Å². The molecular weight excluding hydrogens is 241 g/mol. The Morgan fingerprint density at radius 2 is 1.68 bits per heavy atom. The third-order valence-corrected chi connectivity index (χ3v) is 3.01. The smallest absolute Gasteiger partial charge is 0.196 e. The molecule has 92 valence electrons. The summed E-state index contributed by atoms with van der Waals surface area (Å²) in [6, 6.07) is 14.9. The van der Waals surface area contributed by atoms with Gasteiger partial charge in [-0.25, -0.2) is 4.39 Å². The summed E-state index contributed by atoms with van der Waals surface area (Å²) in [4.78, 5) is 16.6. The van der Waals surface area contributed by atoms with Crippen molar-refractivity contribution in [2.24, 2.45) is 0 Å². The van der Waals surface area contributed by atoms with Gasteiger partial charge in [-0.05, 0) is 24.3 Å². The summed E-state index contributed by atoms with van der Waals surface area (Å²) >= 11 is 0. The van der Waals surface area contributed by atoms with E-state index in [9.17, 15) is 9.18 Å². The van der Waals surface area contributed by atoms with Gasteiger partial charge in [-0.3, -0.25) is 9.78 Å². The molecule has 0 aliphatic rings. The monoisotopic (exact) mass is 251 g/mol. The molecule has 0 saturated heterocycles. The maximum Gasteiger partial charge on any atom is 0.196 e. The van der Waals surface area contributed by atoms with Gasteiger partial charge in [0, 0.05) is 17.1 Å². The Morgan fingerprint density at radius 1 is 0.895 bits per heavy atom. The first-order chi connectivity index (χ1) is 9.27. The van der Waals surface area contributed by atoms with Gasteiger partial charge in [-0.1, -0.05) is 30.3 Å². The number of carbonyl (C=O) groups is 1. The van der Waals surface area contributed by atoms with Crippen LogP contribution in [0.4, 0.5) is 4.39 Å². The number of benzene rings is 2. The van der Waals surface area contributed by atoms with Crippen molar-refractivity contribution in [2.75, 3.05) is 0 Å². The van der Waals surface area contributed by atoms with Crippen molar-refractivity contribution >= 4 is 16.7 Å². The normalized spacial score (nSPS) is 10.6. The number of aromatic nitrogens is 1. The topological polar surface area (TPSA) is 30.0 Å². The Labute approximate surface area is 109 Å². The zero-order chi connectivity index (χ0) is 13.2. The summed E-state index contributed by atoms with van der Waals surface area (Å²) in [5.74, 6) is -0.829. The average molecular weight is 251 g/mol. The molecule has 0 amide bonds. The molecular formula is C16H10FNO. The number of hydrogen-bond donors (Lipinski definition) is 0. The minimum Gasteiger partial charge on any atom is -0.288 e. The highest BCUT2D eigenvalue weighted by molar-refractivity contribution is 6.16. The summed E-state index contributed by atoms with van der Waals surface area (Å²) in [5.41, 5.74) is 1.28. The van der Waals surface area contributed by atoms with Gasteiger partial charge in [0.05, 0.1) is 11.1 Å². The van der Waals surface area contributed by atoms with E-state index in [1.165, 1.54) is 12.1 Å². The van der Waals surface area contributed by atoms with E-state index >= 15 is 0 Å². The predicted molar refractivity (Wildman–Crippen MR) is 71.6 cm³/mol. The number of rotatable bonds is 2. The Kier molecular flexibility index (Phi) is 2.80. The van der Waals surface area contributed by atoms with Crippen LogP contribution in [0.1, 0.15) is 15.9 Å². The Balaban J connectivity index is 2.20. The number of nitrogens with zero attached hydrogens (tertiary/aromatic N) is 1.